The van der Waals surface area contributed by atoms with Crippen molar-refractivity contribution in [1.29, 1.82) is 0 Å². The Morgan fingerprint density at radius 3 is 2.59 bits per heavy atom. The normalized spacial score (nSPS) is 19.4. The maximum absolute atomic E-state index is 13.0. The van der Waals surface area contributed by atoms with Gasteiger partial charge in [0.15, 0.2) is 0 Å². The summed E-state index contributed by atoms with van der Waals surface area (Å²) in [5, 5.41) is 5.70. The molecule has 2 saturated heterocycles. The highest BCUT2D eigenvalue weighted by molar-refractivity contribution is 6.00. The number of imide groups is 1. The Kier molecular flexibility index (Phi) is 6.21. The van der Waals surface area contributed by atoms with Crippen molar-refractivity contribution in [2.45, 2.75) is 18.9 Å². The fraction of sp³-hybridized carbons (Fsp3) is 0.400. The number of benzene rings is 2. The smallest absolute Gasteiger partial charge is 0.329 e. The molecule has 2 aromatic carbocycles. The summed E-state index contributed by atoms with van der Waals surface area (Å²) >= 11 is 0. The minimum atomic E-state index is -0.688. The largest absolute Gasteiger partial charge is 0.492 e. The average Bonchev–Trinajstić information content (AvgIpc) is 3.09. The first-order chi connectivity index (χ1) is 16.5. The highest BCUT2D eigenvalue weighted by Crippen LogP contribution is 2.29. The molecule has 2 aliphatic heterocycles. The van der Waals surface area contributed by atoms with E-state index >= 15 is 0 Å². The van der Waals surface area contributed by atoms with Gasteiger partial charge in [0.2, 0.25) is 11.8 Å². The van der Waals surface area contributed by atoms with Crippen molar-refractivity contribution < 1.29 is 14.3 Å². The first-order valence-electron chi connectivity index (χ1n) is 11.7. The minimum absolute atomic E-state index is 0.221. The predicted octanol–water partition coefficient (Wildman–Crippen LogP) is 1.27. The van der Waals surface area contributed by atoms with E-state index < -0.39 is 11.9 Å². The number of amides is 2. The van der Waals surface area contributed by atoms with Gasteiger partial charge >= 0.3 is 5.69 Å². The number of ether oxygens (including phenoxy) is 1. The number of hydrogen-bond donors (Lipinski definition) is 2. The summed E-state index contributed by atoms with van der Waals surface area (Å²) < 4.78 is 9.06. The average molecular weight is 464 g/mol. The number of carbonyl (C=O) groups is 2. The number of piperidine rings is 1. The molecule has 3 aromatic rings. The van der Waals surface area contributed by atoms with E-state index in [0.29, 0.717) is 18.5 Å². The topological polar surface area (TPSA) is 97.6 Å². The molecule has 1 aromatic heterocycles. The van der Waals surface area contributed by atoms with E-state index in [1.165, 1.54) is 4.57 Å². The van der Waals surface area contributed by atoms with Gasteiger partial charge in [-0.3, -0.25) is 28.9 Å². The number of nitrogens with zero attached hydrogens (tertiary/aromatic N) is 3. The fourth-order valence-corrected chi connectivity index (χ4v) is 4.77. The van der Waals surface area contributed by atoms with Crippen molar-refractivity contribution in [3.05, 3.63) is 52.9 Å². The van der Waals surface area contributed by atoms with Crippen molar-refractivity contribution in [3.63, 3.8) is 0 Å². The van der Waals surface area contributed by atoms with Crippen LogP contribution in [0.4, 0.5) is 0 Å². The first kappa shape index (κ1) is 22.4. The standard InChI is InChI=1S/C25H29N5O4/c1-28-22-16-18(5-6-20(22)30(25(28)33)21-7-8-23(31)27-24(21)32)17-3-2-4-19(15-17)34-14-13-29-11-9-26-10-12-29/h2-6,15-16,21,26H,7-14H2,1H3,(H,27,31,32). The van der Waals surface area contributed by atoms with Crippen LogP contribution in [0.5, 0.6) is 5.75 Å². The second kappa shape index (κ2) is 9.44. The molecule has 178 valence electrons. The summed E-state index contributed by atoms with van der Waals surface area (Å²) in [6, 6.07) is 13.0. The molecular weight excluding hydrogens is 434 g/mol. The van der Waals surface area contributed by atoms with E-state index in [1.54, 1.807) is 11.6 Å². The van der Waals surface area contributed by atoms with Crippen LogP contribution in [0.15, 0.2) is 47.3 Å². The van der Waals surface area contributed by atoms with E-state index in [2.05, 4.69) is 15.5 Å². The second-order valence-corrected chi connectivity index (χ2v) is 8.85. The van der Waals surface area contributed by atoms with Gasteiger partial charge in [0.05, 0.1) is 11.0 Å². The Morgan fingerprint density at radius 1 is 1.00 bits per heavy atom. The van der Waals surface area contributed by atoms with Crippen LogP contribution < -0.4 is 21.1 Å². The third-order valence-electron chi connectivity index (χ3n) is 6.66. The highest BCUT2D eigenvalue weighted by atomic mass is 16.5. The summed E-state index contributed by atoms with van der Waals surface area (Å²) in [6.45, 7) is 5.65. The summed E-state index contributed by atoms with van der Waals surface area (Å²) in [5.41, 5.74) is 3.08. The van der Waals surface area contributed by atoms with Crippen molar-refractivity contribution in [1.82, 2.24) is 24.7 Å². The molecule has 2 amide bonds. The van der Waals surface area contributed by atoms with Crippen molar-refractivity contribution in [2.75, 3.05) is 39.3 Å². The van der Waals surface area contributed by atoms with E-state index in [1.807, 2.05) is 42.5 Å². The van der Waals surface area contributed by atoms with Crippen LogP contribution in [-0.4, -0.2) is 65.2 Å². The van der Waals surface area contributed by atoms with Crippen molar-refractivity contribution in [2.24, 2.45) is 7.05 Å². The number of aryl methyl sites for hydroxylation is 1. The van der Waals surface area contributed by atoms with Gasteiger partial charge in [-0.05, 0) is 41.8 Å². The third-order valence-corrected chi connectivity index (χ3v) is 6.66. The lowest BCUT2D eigenvalue weighted by Gasteiger charge is -2.26. The maximum Gasteiger partial charge on any atom is 0.329 e. The van der Waals surface area contributed by atoms with Crippen LogP contribution in [0.3, 0.4) is 0 Å². The number of aromatic nitrogens is 2. The molecule has 0 spiro atoms. The molecular formula is C25H29N5O4. The molecule has 0 saturated carbocycles. The first-order valence-corrected chi connectivity index (χ1v) is 11.7. The molecule has 3 heterocycles. The molecule has 2 N–H and O–H groups in total. The molecule has 0 aliphatic carbocycles. The maximum atomic E-state index is 13.0. The van der Waals surface area contributed by atoms with Crippen LogP contribution in [0.2, 0.25) is 0 Å². The summed E-state index contributed by atoms with van der Waals surface area (Å²) in [6.07, 6.45) is 0.539. The molecule has 34 heavy (non-hydrogen) atoms. The monoisotopic (exact) mass is 463 g/mol. The Morgan fingerprint density at radius 2 is 1.79 bits per heavy atom. The van der Waals surface area contributed by atoms with Gasteiger partial charge in [0.1, 0.15) is 18.4 Å². The van der Waals surface area contributed by atoms with E-state index in [-0.39, 0.29) is 18.0 Å². The van der Waals surface area contributed by atoms with E-state index in [9.17, 15) is 14.4 Å². The zero-order chi connectivity index (χ0) is 23.7. The number of fused-ring (bicyclic) bond motifs is 1. The molecule has 2 aliphatic rings. The zero-order valence-electron chi connectivity index (χ0n) is 19.3. The van der Waals surface area contributed by atoms with Crippen LogP contribution in [0.25, 0.3) is 22.2 Å². The van der Waals surface area contributed by atoms with Crippen molar-refractivity contribution in [3.8, 4) is 16.9 Å². The molecule has 2 fully saturated rings. The molecule has 5 rings (SSSR count). The number of imidazole rings is 1. The number of rotatable bonds is 6. The minimum Gasteiger partial charge on any atom is -0.492 e. The van der Waals surface area contributed by atoms with Gasteiger partial charge in [0.25, 0.3) is 0 Å². The molecule has 1 unspecified atom stereocenters. The molecule has 9 nitrogen and oxygen atoms in total. The van der Waals surface area contributed by atoms with Gasteiger partial charge in [-0.2, -0.15) is 0 Å². The quantitative estimate of drug-likeness (QED) is 0.535. The Labute approximate surface area is 197 Å². The number of nitrogens with one attached hydrogen (secondary N) is 2. The SMILES string of the molecule is Cn1c(=O)n(C2CCC(=O)NC2=O)c2ccc(-c3cccc(OCCN4CCNCC4)c3)cc21. The Balaban J connectivity index is 1.38. The van der Waals surface area contributed by atoms with Gasteiger partial charge in [-0.1, -0.05) is 18.2 Å². The van der Waals surface area contributed by atoms with E-state index in [0.717, 1.165) is 55.1 Å². The Bertz CT molecular complexity index is 1290. The van der Waals surface area contributed by atoms with Crippen LogP contribution in [0, 0.1) is 0 Å². The molecule has 1 atom stereocenters. The van der Waals surface area contributed by atoms with Gasteiger partial charge in [-0.15, -0.1) is 0 Å². The van der Waals surface area contributed by atoms with Gasteiger partial charge < -0.3 is 10.1 Å². The molecule has 0 radical (unpaired) electrons. The summed E-state index contributed by atoms with van der Waals surface area (Å²) in [7, 11) is 1.70. The lowest BCUT2D eigenvalue weighted by atomic mass is 10.0. The second-order valence-electron chi connectivity index (χ2n) is 8.85. The number of hydrogen-bond acceptors (Lipinski definition) is 6. The number of piperazine rings is 1. The lowest BCUT2D eigenvalue weighted by Crippen LogP contribution is -2.44. The highest BCUT2D eigenvalue weighted by Gasteiger charge is 2.31. The van der Waals surface area contributed by atoms with Crippen LogP contribution >= 0.6 is 0 Å². The molecule has 0 bridgehead atoms. The Hall–Kier alpha value is -3.43. The van der Waals surface area contributed by atoms with E-state index in [4.69, 9.17) is 4.74 Å². The van der Waals surface area contributed by atoms with Gasteiger partial charge in [0, 0.05) is 46.2 Å². The third kappa shape index (κ3) is 4.36. The fourth-order valence-electron chi connectivity index (χ4n) is 4.77. The summed E-state index contributed by atoms with van der Waals surface area (Å²) in [4.78, 5) is 39.3. The summed E-state index contributed by atoms with van der Waals surface area (Å²) in [5.74, 6) is 0.0789. The van der Waals surface area contributed by atoms with Crippen LogP contribution in [-0.2, 0) is 16.6 Å². The number of carbonyl (C=O) groups excluding carboxylic acids is 2. The predicted molar refractivity (Wildman–Crippen MR) is 129 cm³/mol. The molecule has 9 heteroatoms. The van der Waals surface area contributed by atoms with Crippen molar-refractivity contribution >= 4 is 22.8 Å². The van der Waals surface area contributed by atoms with Gasteiger partial charge in [-0.25, -0.2) is 4.79 Å². The lowest BCUT2D eigenvalue weighted by molar-refractivity contribution is -0.135. The van der Waals surface area contributed by atoms with Crippen LogP contribution in [0.1, 0.15) is 18.9 Å². The zero-order valence-corrected chi connectivity index (χ0v) is 19.3.